The second-order valence-electron chi connectivity index (χ2n) is 6.40. The van der Waals surface area contributed by atoms with Crippen LogP contribution in [-0.4, -0.2) is 50.1 Å². The van der Waals surface area contributed by atoms with E-state index in [-0.39, 0.29) is 10.0 Å². The van der Waals surface area contributed by atoms with Crippen LogP contribution in [0, 0.1) is 0 Å². The van der Waals surface area contributed by atoms with Crippen LogP contribution < -0.4 is 0 Å². The van der Waals surface area contributed by atoms with Gasteiger partial charge in [-0.05, 0) is 18.4 Å². The minimum atomic E-state index is -1.33. The Kier molecular flexibility index (Phi) is 11.8. The fourth-order valence-corrected chi connectivity index (χ4v) is 5.15. The zero-order valence-corrected chi connectivity index (χ0v) is 19.7. The molecule has 0 bridgehead atoms. The van der Waals surface area contributed by atoms with E-state index in [1.54, 1.807) is 0 Å². The minimum absolute atomic E-state index is 0.257. The van der Waals surface area contributed by atoms with Gasteiger partial charge in [0.05, 0.1) is 17.6 Å². The van der Waals surface area contributed by atoms with Crippen LogP contribution in [-0.2, 0) is 14.9 Å². The summed E-state index contributed by atoms with van der Waals surface area (Å²) in [5, 5.41) is 0.514. The molecular weight excluding hydrogens is 391 g/mol. The average molecular weight is 421 g/mol. The zero-order valence-electron chi connectivity index (χ0n) is 15.1. The Balaban J connectivity index is 2.46. The summed E-state index contributed by atoms with van der Waals surface area (Å²) in [6.45, 7) is 10.3. The summed E-state index contributed by atoms with van der Waals surface area (Å²) in [7, 11) is -2.26. The van der Waals surface area contributed by atoms with E-state index in [0.717, 1.165) is 18.9 Å². The van der Waals surface area contributed by atoms with Crippen molar-refractivity contribution < 1.29 is 8.85 Å². The van der Waals surface area contributed by atoms with Crippen molar-refractivity contribution in [2.75, 3.05) is 13.2 Å². The molecule has 2 nitrogen and oxygen atoms in total. The Bertz CT molecular complexity index is 415. The molecule has 3 radical (unpaired) electrons. The maximum atomic E-state index is 6.36. The van der Waals surface area contributed by atoms with Gasteiger partial charge in [-0.25, -0.2) is 0 Å². The largest absolute Gasteiger partial charge is 0.393 e. The summed E-state index contributed by atoms with van der Waals surface area (Å²) in [6.07, 6.45) is 1.81. The van der Waals surface area contributed by atoms with Crippen molar-refractivity contribution in [3.63, 3.8) is 0 Å². The Morgan fingerprint density at radius 1 is 0.833 bits per heavy atom. The Hall–Kier alpha value is 0.371. The molecule has 2 atom stereocenters. The topological polar surface area (TPSA) is 18.5 Å². The van der Waals surface area contributed by atoms with Gasteiger partial charge in [0.15, 0.2) is 0 Å². The number of halogens is 2. The molecular formula is C17H29Cl2O2Si3. The van der Waals surface area contributed by atoms with Gasteiger partial charge in [-0.15, -0.1) is 23.2 Å². The summed E-state index contributed by atoms with van der Waals surface area (Å²) in [5.41, 5.74) is 1.27. The molecule has 0 N–H and O–H groups in total. The number of alkyl halides is 2. The SMILES string of the molecule is C[Si](C)C(Cl)CCO[Si](Cc1ccccc1)OCCC(Cl)[Si](C)C. The summed E-state index contributed by atoms with van der Waals surface area (Å²) in [5.74, 6) is 0. The normalized spacial score (nSPS) is 14.5. The predicted octanol–water partition coefficient (Wildman–Crippen LogP) is 4.87. The van der Waals surface area contributed by atoms with Crippen molar-refractivity contribution in [1.29, 1.82) is 0 Å². The van der Waals surface area contributed by atoms with Crippen LogP contribution in [0.2, 0.25) is 26.2 Å². The first kappa shape index (κ1) is 22.4. The molecule has 1 aromatic carbocycles. The van der Waals surface area contributed by atoms with E-state index in [4.69, 9.17) is 32.1 Å². The van der Waals surface area contributed by atoms with E-state index in [2.05, 4.69) is 50.5 Å². The smallest absolute Gasteiger partial charge is 0.389 e. The first-order chi connectivity index (χ1) is 11.4. The van der Waals surface area contributed by atoms with E-state index in [9.17, 15) is 0 Å². The van der Waals surface area contributed by atoms with E-state index >= 15 is 0 Å². The summed E-state index contributed by atoms with van der Waals surface area (Å²) < 4.78 is 12.2. The van der Waals surface area contributed by atoms with Crippen molar-refractivity contribution in [3.05, 3.63) is 35.9 Å². The van der Waals surface area contributed by atoms with Crippen molar-refractivity contribution >= 4 is 50.1 Å². The lowest BCUT2D eigenvalue weighted by atomic mass is 10.2. The highest BCUT2D eigenvalue weighted by atomic mass is 35.5. The minimum Gasteiger partial charge on any atom is -0.393 e. The molecule has 0 fully saturated rings. The quantitative estimate of drug-likeness (QED) is 0.355. The second-order valence-corrected chi connectivity index (χ2v) is 15.6. The molecule has 0 aliphatic heterocycles. The fourth-order valence-electron chi connectivity index (χ4n) is 2.04. The standard InChI is InChI=1S/C17H29Cl2O2Si3/c1-22(2)16(18)10-12-20-24(14-15-8-6-5-7-9-15)21-13-11-17(19)23(3)4/h5-9,16-17H,10-14H2,1-4H3. The highest BCUT2D eigenvalue weighted by molar-refractivity contribution is 6.67. The lowest BCUT2D eigenvalue weighted by molar-refractivity contribution is 0.194. The zero-order chi connectivity index (χ0) is 17.9. The lowest BCUT2D eigenvalue weighted by Crippen LogP contribution is -2.31. The fraction of sp³-hybridized carbons (Fsp3) is 0.647. The summed E-state index contributed by atoms with van der Waals surface area (Å²) in [4.78, 5) is 0. The van der Waals surface area contributed by atoms with Crippen molar-refractivity contribution in [3.8, 4) is 0 Å². The monoisotopic (exact) mass is 419 g/mol. The van der Waals surface area contributed by atoms with Gasteiger partial charge >= 0.3 is 9.28 Å². The van der Waals surface area contributed by atoms with Gasteiger partial charge in [-0.3, -0.25) is 0 Å². The van der Waals surface area contributed by atoms with Crippen LogP contribution in [0.1, 0.15) is 18.4 Å². The van der Waals surface area contributed by atoms with Crippen LogP contribution in [0.15, 0.2) is 30.3 Å². The highest BCUT2D eigenvalue weighted by Gasteiger charge is 2.20. The molecule has 0 aliphatic carbocycles. The number of hydrogen-bond donors (Lipinski definition) is 0. The second kappa shape index (κ2) is 12.7. The third-order valence-electron chi connectivity index (χ3n) is 3.71. The van der Waals surface area contributed by atoms with Gasteiger partial charge in [0.1, 0.15) is 0 Å². The van der Waals surface area contributed by atoms with Crippen LogP contribution >= 0.6 is 23.2 Å². The summed E-state index contributed by atoms with van der Waals surface area (Å²) >= 11 is 12.7. The molecule has 0 aromatic heterocycles. The van der Waals surface area contributed by atoms with Gasteiger partial charge < -0.3 is 8.85 Å². The van der Waals surface area contributed by atoms with Gasteiger partial charge in [-0.2, -0.15) is 0 Å². The van der Waals surface area contributed by atoms with E-state index in [0.29, 0.717) is 13.2 Å². The number of rotatable bonds is 12. The van der Waals surface area contributed by atoms with Crippen molar-refractivity contribution in [1.82, 2.24) is 0 Å². The molecule has 0 heterocycles. The number of hydrogen-bond acceptors (Lipinski definition) is 2. The molecule has 1 rings (SSSR count). The van der Waals surface area contributed by atoms with Crippen LogP contribution in [0.4, 0.5) is 0 Å². The Morgan fingerprint density at radius 2 is 1.29 bits per heavy atom. The molecule has 1 aromatic rings. The van der Waals surface area contributed by atoms with E-state index in [1.807, 2.05) is 6.07 Å². The third-order valence-corrected chi connectivity index (χ3v) is 11.6. The molecule has 0 aliphatic rings. The maximum absolute atomic E-state index is 6.36. The molecule has 24 heavy (non-hydrogen) atoms. The van der Waals surface area contributed by atoms with Gasteiger partial charge in [0.25, 0.3) is 0 Å². The van der Waals surface area contributed by atoms with Gasteiger partial charge in [0, 0.05) is 29.3 Å². The summed E-state index contributed by atoms with van der Waals surface area (Å²) in [6, 6.07) is 11.3. The molecule has 135 valence electrons. The van der Waals surface area contributed by atoms with Crippen molar-refractivity contribution in [2.45, 2.75) is 55.1 Å². The maximum Gasteiger partial charge on any atom is 0.389 e. The molecule has 0 amide bonds. The van der Waals surface area contributed by atoms with Crippen LogP contribution in [0.3, 0.4) is 0 Å². The molecule has 7 heteroatoms. The molecule has 0 spiro atoms. The van der Waals surface area contributed by atoms with E-state index in [1.165, 1.54) is 5.56 Å². The van der Waals surface area contributed by atoms with Crippen LogP contribution in [0.25, 0.3) is 0 Å². The van der Waals surface area contributed by atoms with Gasteiger partial charge in [0.2, 0.25) is 0 Å². The van der Waals surface area contributed by atoms with Crippen LogP contribution in [0.5, 0.6) is 0 Å². The molecule has 2 unspecified atom stereocenters. The van der Waals surface area contributed by atoms with Crippen molar-refractivity contribution in [2.24, 2.45) is 0 Å². The number of benzene rings is 1. The lowest BCUT2D eigenvalue weighted by Gasteiger charge is -2.19. The molecule has 0 saturated carbocycles. The molecule has 0 saturated heterocycles. The predicted molar refractivity (Wildman–Crippen MR) is 111 cm³/mol. The Labute approximate surface area is 162 Å². The van der Waals surface area contributed by atoms with E-state index < -0.39 is 26.9 Å². The Morgan fingerprint density at radius 3 is 1.71 bits per heavy atom. The average Bonchev–Trinajstić information content (AvgIpc) is 2.55. The highest BCUT2D eigenvalue weighted by Crippen LogP contribution is 2.11. The van der Waals surface area contributed by atoms with Gasteiger partial charge in [-0.1, -0.05) is 56.5 Å². The third kappa shape index (κ3) is 9.75. The first-order valence-corrected chi connectivity index (χ1v) is 16.0. The first-order valence-electron chi connectivity index (χ1n) is 8.43.